The summed E-state index contributed by atoms with van der Waals surface area (Å²) in [4.78, 5) is 33.5. The third-order valence-electron chi connectivity index (χ3n) is 5.63. The van der Waals surface area contributed by atoms with E-state index in [1.807, 2.05) is 5.51 Å². The highest BCUT2D eigenvalue weighted by molar-refractivity contribution is 7.09. The number of aromatic nitrogens is 1. The lowest BCUT2D eigenvalue weighted by atomic mass is 9.92. The number of nitrogens with zero attached hydrogens (tertiary/aromatic N) is 3. The van der Waals surface area contributed by atoms with Crippen molar-refractivity contribution in [3.63, 3.8) is 0 Å². The molecule has 1 N–H and O–H groups in total. The first kappa shape index (κ1) is 16.8. The van der Waals surface area contributed by atoms with Crippen molar-refractivity contribution >= 4 is 23.3 Å². The molecule has 1 saturated carbocycles. The Balaban J connectivity index is 1.32. The quantitative estimate of drug-likeness (QED) is 0.851. The number of ether oxygens (including phenoxy) is 1. The lowest BCUT2D eigenvalue weighted by molar-refractivity contribution is -0.123. The van der Waals surface area contributed by atoms with Gasteiger partial charge in [0, 0.05) is 30.6 Å². The highest BCUT2D eigenvalue weighted by atomic mass is 32.1. The molecular weight excluding hydrogens is 340 g/mol. The predicted molar refractivity (Wildman–Crippen MR) is 93.2 cm³/mol. The van der Waals surface area contributed by atoms with E-state index < -0.39 is 0 Å². The third-order valence-corrected chi connectivity index (χ3v) is 6.55. The van der Waals surface area contributed by atoms with Crippen LogP contribution in [0.2, 0.25) is 0 Å². The van der Waals surface area contributed by atoms with Crippen LogP contribution in [0.5, 0.6) is 0 Å². The Labute approximate surface area is 151 Å². The Morgan fingerprint density at radius 3 is 2.76 bits per heavy atom. The highest BCUT2D eigenvalue weighted by Crippen LogP contribution is 2.37. The molecule has 136 valence electrons. The number of carbonyl (C=O) groups is 2. The average molecular weight is 364 g/mol. The van der Waals surface area contributed by atoms with Gasteiger partial charge in [0.15, 0.2) is 0 Å². The zero-order valence-corrected chi connectivity index (χ0v) is 15.3. The van der Waals surface area contributed by atoms with Crippen LogP contribution in [0.15, 0.2) is 5.51 Å². The van der Waals surface area contributed by atoms with Crippen molar-refractivity contribution in [1.82, 2.24) is 20.1 Å². The number of hydrogen-bond acceptors (Lipinski definition) is 6. The second kappa shape index (κ2) is 6.92. The number of piperidine rings is 1. The largest absolute Gasteiger partial charge is 0.448 e. The molecule has 2 amide bonds. The number of rotatable bonds is 5. The molecule has 3 aliphatic rings. The molecule has 2 aliphatic heterocycles. The molecule has 1 aromatic heterocycles. The number of nitrogens with one attached hydrogen (secondary N) is 1. The van der Waals surface area contributed by atoms with Gasteiger partial charge in [0.25, 0.3) is 0 Å². The Morgan fingerprint density at radius 2 is 2.16 bits per heavy atom. The van der Waals surface area contributed by atoms with Crippen LogP contribution in [0, 0.1) is 18.8 Å². The minimum Gasteiger partial charge on any atom is -0.448 e. The summed E-state index contributed by atoms with van der Waals surface area (Å²) in [5.41, 5.74) is 3.04. The molecular formula is C17H24N4O3S. The predicted octanol–water partition coefficient (Wildman–Crippen LogP) is 1.23. The number of cyclic esters (lactones) is 1. The maximum absolute atomic E-state index is 12.3. The van der Waals surface area contributed by atoms with Crippen LogP contribution in [0.25, 0.3) is 0 Å². The lowest BCUT2D eigenvalue weighted by Crippen LogP contribution is -2.53. The molecule has 8 heteroatoms. The number of hydrogen-bond donors (Lipinski definition) is 1. The Bertz CT molecular complexity index is 650. The highest BCUT2D eigenvalue weighted by Gasteiger charge is 2.43. The summed E-state index contributed by atoms with van der Waals surface area (Å²) in [7, 11) is 0. The second-order valence-corrected chi connectivity index (χ2v) is 8.22. The minimum absolute atomic E-state index is 0.0625. The molecule has 2 bridgehead atoms. The van der Waals surface area contributed by atoms with Crippen LogP contribution in [-0.4, -0.2) is 65.6 Å². The molecule has 1 unspecified atom stereocenters. The van der Waals surface area contributed by atoms with Crippen LogP contribution < -0.4 is 5.32 Å². The molecule has 7 nitrogen and oxygen atoms in total. The SMILES string of the molecule is Cc1ncsc1CN1C[C@H]2CC[C@@H](C1)C2NC(=O)CN1CCOC1=O. The molecule has 3 heterocycles. The number of carbonyl (C=O) groups excluding carboxylic acids is 2. The van der Waals surface area contributed by atoms with Crippen molar-refractivity contribution in [2.24, 2.45) is 11.8 Å². The van der Waals surface area contributed by atoms with E-state index in [2.05, 4.69) is 22.1 Å². The van der Waals surface area contributed by atoms with E-state index in [-0.39, 0.29) is 24.6 Å². The zero-order chi connectivity index (χ0) is 17.4. The fourth-order valence-corrected chi connectivity index (χ4v) is 5.16. The van der Waals surface area contributed by atoms with E-state index in [0.717, 1.165) is 25.3 Å². The van der Waals surface area contributed by atoms with Crippen molar-refractivity contribution in [1.29, 1.82) is 0 Å². The van der Waals surface area contributed by atoms with Crippen LogP contribution in [0.3, 0.4) is 0 Å². The van der Waals surface area contributed by atoms with Crippen molar-refractivity contribution in [3.8, 4) is 0 Å². The van der Waals surface area contributed by atoms with E-state index in [1.54, 1.807) is 11.3 Å². The number of thiazole rings is 1. The minimum atomic E-state index is -0.382. The molecule has 1 aromatic rings. The summed E-state index contributed by atoms with van der Waals surface area (Å²) in [6.45, 7) is 6.06. The topological polar surface area (TPSA) is 74.8 Å². The molecule has 25 heavy (non-hydrogen) atoms. The number of fused-ring (bicyclic) bond motifs is 2. The molecule has 1 aliphatic carbocycles. The van der Waals surface area contributed by atoms with Crippen LogP contribution in [0.1, 0.15) is 23.4 Å². The molecule has 4 rings (SSSR count). The Morgan fingerprint density at radius 1 is 1.40 bits per heavy atom. The van der Waals surface area contributed by atoms with Gasteiger partial charge in [0.1, 0.15) is 13.2 Å². The third kappa shape index (κ3) is 3.50. The van der Waals surface area contributed by atoms with E-state index in [4.69, 9.17) is 4.74 Å². The van der Waals surface area contributed by atoms with Gasteiger partial charge in [-0.15, -0.1) is 11.3 Å². The zero-order valence-electron chi connectivity index (χ0n) is 14.4. The summed E-state index contributed by atoms with van der Waals surface area (Å²) >= 11 is 1.72. The normalized spacial score (nSPS) is 29.1. The number of aryl methyl sites for hydroxylation is 1. The van der Waals surface area contributed by atoms with Crippen molar-refractivity contribution < 1.29 is 14.3 Å². The van der Waals surface area contributed by atoms with Crippen molar-refractivity contribution in [2.45, 2.75) is 32.4 Å². The molecule has 3 fully saturated rings. The second-order valence-electron chi connectivity index (χ2n) is 7.28. The van der Waals surface area contributed by atoms with Crippen LogP contribution in [-0.2, 0) is 16.1 Å². The smallest absolute Gasteiger partial charge is 0.410 e. The molecule has 2 saturated heterocycles. The van der Waals surface area contributed by atoms with Gasteiger partial charge in [-0.1, -0.05) is 0 Å². The molecule has 3 atom stereocenters. The van der Waals surface area contributed by atoms with Gasteiger partial charge in [0.2, 0.25) is 5.91 Å². The Kier molecular flexibility index (Phi) is 4.64. The fraction of sp³-hybridized carbons (Fsp3) is 0.706. The average Bonchev–Trinajstić information content (AvgIpc) is 3.21. The fourth-order valence-electron chi connectivity index (χ4n) is 4.34. The first-order chi connectivity index (χ1) is 12.1. The number of amides is 2. The van der Waals surface area contributed by atoms with Gasteiger partial charge in [0.05, 0.1) is 17.7 Å². The van der Waals surface area contributed by atoms with Gasteiger partial charge < -0.3 is 10.1 Å². The van der Waals surface area contributed by atoms with Crippen molar-refractivity contribution in [3.05, 3.63) is 16.1 Å². The van der Waals surface area contributed by atoms with Gasteiger partial charge >= 0.3 is 6.09 Å². The van der Waals surface area contributed by atoms with Gasteiger partial charge in [-0.25, -0.2) is 9.78 Å². The monoisotopic (exact) mass is 364 g/mol. The first-order valence-corrected chi connectivity index (χ1v) is 9.80. The van der Waals surface area contributed by atoms with E-state index in [1.165, 1.54) is 22.6 Å². The van der Waals surface area contributed by atoms with Crippen molar-refractivity contribution in [2.75, 3.05) is 32.8 Å². The summed E-state index contributed by atoms with van der Waals surface area (Å²) in [5.74, 6) is 0.940. The molecule has 0 spiro atoms. The van der Waals surface area contributed by atoms with Crippen LogP contribution >= 0.6 is 11.3 Å². The first-order valence-electron chi connectivity index (χ1n) is 8.92. The lowest BCUT2D eigenvalue weighted by Gasteiger charge is -2.38. The maximum Gasteiger partial charge on any atom is 0.410 e. The van der Waals surface area contributed by atoms with Gasteiger partial charge in [-0.05, 0) is 31.6 Å². The Hall–Kier alpha value is -1.67. The van der Waals surface area contributed by atoms with E-state index in [0.29, 0.717) is 25.0 Å². The van der Waals surface area contributed by atoms with Crippen LogP contribution in [0.4, 0.5) is 4.79 Å². The maximum atomic E-state index is 12.3. The van der Waals surface area contributed by atoms with Gasteiger partial charge in [-0.3, -0.25) is 14.6 Å². The van der Waals surface area contributed by atoms with E-state index >= 15 is 0 Å². The standard InChI is InChI=1S/C17H24N4O3S/c1-11-14(25-10-18-11)8-20-6-12-2-3-13(7-20)16(12)19-15(22)9-21-4-5-24-17(21)23/h10,12-13,16H,2-9H2,1H3,(H,19,22)/t12-,13+,16?. The van der Waals surface area contributed by atoms with E-state index in [9.17, 15) is 9.59 Å². The molecule has 0 radical (unpaired) electrons. The van der Waals surface area contributed by atoms with Gasteiger partial charge in [-0.2, -0.15) is 0 Å². The summed E-state index contributed by atoms with van der Waals surface area (Å²) < 4.78 is 4.88. The summed E-state index contributed by atoms with van der Waals surface area (Å²) in [6, 6.07) is 0.241. The molecule has 0 aromatic carbocycles. The summed E-state index contributed by atoms with van der Waals surface area (Å²) in [5, 5.41) is 3.19. The number of likely N-dealkylation sites (tertiary alicyclic amines) is 1. The summed E-state index contributed by atoms with van der Waals surface area (Å²) in [6.07, 6.45) is 1.95.